The highest BCUT2D eigenvalue weighted by atomic mass is 15.1. The topological polar surface area (TPSA) is 52.8 Å². The third-order valence-corrected chi connectivity index (χ3v) is 4.57. The molecule has 0 bridgehead atoms. The summed E-state index contributed by atoms with van der Waals surface area (Å²) in [5.41, 5.74) is 0.731. The second kappa shape index (κ2) is 4.90. The van der Waals surface area contributed by atoms with E-state index >= 15 is 0 Å². The van der Waals surface area contributed by atoms with Crippen LogP contribution in [0.1, 0.15) is 49.5 Å². The van der Waals surface area contributed by atoms with Crippen LogP contribution in [0.5, 0.6) is 0 Å². The van der Waals surface area contributed by atoms with E-state index in [0.29, 0.717) is 5.92 Å². The van der Waals surface area contributed by atoms with Crippen molar-refractivity contribution in [3.8, 4) is 6.07 Å². The zero-order chi connectivity index (χ0) is 13.3. The first kappa shape index (κ1) is 12.6. The fourth-order valence-electron chi connectivity index (χ4n) is 3.15. The molecule has 1 aromatic heterocycles. The summed E-state index contributed by atoms with van der Waals surface area (Å²) < 4.78 is 0. The fraction of sp³-hybridized carbons (Fsp3) is 0.667. The van der Waals surface area contributed by atoms with Crippen LogP contribution in [0.25, 0.3) is 0 Å². The Hall–Kier alpha value is -1.47. The molecule has 0 radical (unpaired) electrons. The molecule has 0 spiro atoms. The lowest BCUT2D eigenvalue weighted by atomic mass is 9.69. The molecule has 100 valence electrons. The molecule has 2 fully saturated rings. The average molecular weight is 256 g/mol. The first-order chi connectivity index (χ1) is 9.23. The summed E-state index contributed by atoms with van der Waals surface area (Å²) in [7, 11) is 2.16. The Bertz CT molecular complexity index is 501. The normalized spacial score (nSPS) is 26.4. The van der Waals surface area contributed by atoms with Crippen molar-refractivity contribution >= 4 is 0 Å². The molecule has 1 aliphatic carbocycles. The largest absolute Gasteiger partial charge is 0.306 e. The number of nitrogens with zero attached hydrogens (tertiary/aromatic N) is 4. The first-order valence-corrected chi connectivity index (χ1v) is 7.17. The Labute approximate surface area is 114 Å². The molecule has 1 unspecified atom stereocenters. The maximum absolute atomic E-state index is 9.40. The lowest BCUT2D eigenvalue weighted by Crippen LogP contribution is -2.35. The molecular formula is C15H20N4. The van der Waals surface area contributed by atoms with Crippen molar-refractivity contribution in [2.24, 2.45) is 0 Å². The second-order valence-electron chi connectivity index (χ2n) is 5.95. The van der Waals surface area contributed by atoms with Crippen molar-refractivity contribution < 1.29 is 0 Å². The van der Waals surface area contributed by atoms with Gasteiger partial charge in [-0.15, -0.1) is 0 Å². The number of piperidine rings is 1. The number of likely N-dealkylation sites (tertiary alicyclic amines) is 1. The number of aromatic nitrogens is 2. The molecule has 4 heteroatoms. The second-order valence-corrected chi connectivity index (χ2v) is 5.95. The van der Waals surface area contributed by atoms with Crippen molar-refractivity contribution in [3.05, 3.63) is 23.8 Å². The monoisotopic (exact) mass is 256 g/mol. The van der Waals surface area contributed by atoms with Gasteiger partial charge in [-0.05, 0) is 51.8 Å². The van der Waals surface area contributed by atoms with Crippen molar-refractivity contribution in [2.45, 2.75) is 43.4 Å². The quantitative estimate of drug-likeness (QED) is 0.814. The van der Waals surface area contributed by atoms with Gasteiger partial charge in [0, 0.05) is 24.4 Å². The molecule has 1 aliphatic heterocycles. The Morgan fingerprint density at radius 3 is 2.89 bits per heavy atom. The molecule has 19 heavy (non-hydrogen) atoms. The summed E-state index contributed by atoms with van der Waals surface area (Å²) in [5.74, 6) is 1.25. The maximum atomic E-state index is 9.40. The van der Waals surface area contributed by atoms with Crippen molar-refractivity contribution in [1.82, 2.24) is 14.9 Å². The molecule has 0 N–H and O–H groups in total. The molecule has 3 rings (SSSR count). The van der Waals surface area contributed by atoms with Gasteiger partial charge in [0.05, 0.1) is 6.07 Å². The highest BCUT2D eigenvalue weighted by Crippen LogP contribution is 2.41. The van der Waals surface area contributed by atoms with E-state index in [1.165, 1.54) is 19.4 Å². The van der Waals surface area contributed by atoms with Crippen molar-refractivity contribution in [2.75, 3.05) is 20.1 Å². The minimum atomic E-state index is -0.392. The van der Waals surface area contributed by atoms with Gasteiger partial charge in [0.2, 0.25) is 0 Å². The highest BCUT2D eigenvalue weighted by molar-refractivity contribution is 5.26. The van der Waals surface area contributed by atoms with Crippen molar-refractivity contribution in [1.29, 1.82) is 5.26 Å². The number of hydrogen-bond donors (Lipinski definition) is 0. The van der Waals surface area contributed by atoms with Crippen LogP contribution < -0.4 is 0 Å². The van der Waals surface area contributed by atoms with Crippen LogP contribution in [0.4, 0.5) is 0 Å². The van der Waals surface area contributed by atoms with Gasteiger partial charge in [0.25, 0.3) is 0 Å². The number of hydrogen-bond acceptors (Lipinski definition) is 4. The van der Waals surface area contributed by atoms with Crippen LogP contribution in [0.2, 0.25) is 0 Å². The third kappa shape index (κ3) is 2.23. The van der Waals surface area contributed by atoms with Gasteiger partial charge in [0.15, 0.2) is 0 Å². The molecule has 1 saturated carbocycles. The molecule has 1 atom stereocenters. The Kier molecular flexibility index (Phi) is 3.24. The van der Waals surface area contributed by atoms with Gasteiger partial charge in [-0.3, -0.25) is 0 Å². The molecule has 0 aromatic carbocycles. The predicted molar refractivity (Wildman–Crippen MR) is 72.6 cm³/mol. The minimum absolute atomic E-state index is 0.392. The number of rotatable bonds is 2. The summed E-state index contributed by atoms with van der Waals surface area (Å²) in [6, 6.07) is 4.46. The lowest BCUT2D eigenvalue weighted by molar-refractivity contribution is 0.246. The summed E-state index contributed by atoms with van der Waals surface area (Å²) in [6.07, 6.45) is 7.20. The van der Waals surface area contributed by atoms with E-state index in [1.54, 1.807) is 0 Å². The molecule has 2 aliphatic rings. The Morgan fingerprint density at radius 1 is 1.42 bits per heavy atom. The van der Waals surface area contributed by atoms with Gasteiger partial charge in [0.1, 0.15) is 11.2 Å². The van der Waals surface area contributed by atoms with Gasteiger partial charge < -0.3 is 4.90 Å². The maximum Gasteiger partial charge on any atom is 0.148 e. The van der Waals surface area contributed by atoms with E-state index in [1.807, 2.05) is 12.3 Å². The molecule has 4 nitrogen and oxygen atoms in total. The first-order valence-electron chi connectivity index (χ1n) is 7.17. The molecule has 1 saturated heterocycles. The highest BCUT2D eigenvalue weighted by Gasteiger charge is 2.42. The van der Waals surface area contributed by atoms with E-state index in [4.69, 9.17) is 4.98 Å². The van der Waals surface area contributed by atoms with Crippen LogP contribution >= 0.6 is 0 Å². The van der Waals surface area contributed by atoms with Gasteiger partial charge in [-0.1, -0.05) is 0 Å². The standard InChI is InChI=1S/C15H20N4/c1-19-9-2-4-12(10-19)13-5-8-17-14(18-13)15(11-16)6-3-7-15/h5,8,12H,2-4,6-7,9-10H2,1H3. The van der Waals surface area contributed by atoms with Crippen LogP contribution in [-0.2, 0) is 5.41 Å². The van der Waals surface area contributed by atoms with E-state index in [2.05, 4.69) is 23.0 Å². The third-order valence-electron chi connectivity index (χ3n) is 4.57. The van der Waals surface area contributed by atoms with Crippen molar-refractivity contribution in [3.63, 3.8) is 0 Å². The van der Waals surface area contributed by atoms with E-state index in [0.717, 1.165) is 37.3 Å². The smallest absolute Gasteiger partial charge is 0.148 e. The molecule has 1 aromatic rings. The fourth-order valence-corrected chi connectivity index (χ4v) is 3.15. The molecular weight excluding hydrogens is 236 g/mol. The number of likely N-dealkylation sites (N-methyl/N-ethyl adjacent to an activating group) is 1. The minimum Gasteiger partial charge on any atom is -0.306 e. The van der Waals surface area contributed by atoms with Gasteiger partial charge in [-0.2, -0.15) is 5.26 Å². The average Bonchev–Trinajstić information content (AvgIpc) is 2.39. The Morgan fingerprint density at radius 2 is 2.26 bits per heavy atom. The predicted octanol–water partition coefficient (Wildman–Crippen LogP) is 2.23. The van der Waals surface area contributed by atoms with Gasteiger partial charge >= 0.3 is 0 Å². The Balaban J connectivity index is 1.86. The van der Waals surface area contributed by atoms with Crippen LogP contribution in [0.15, 0.2) is 12.3 Å². The zero-order valence-corrected chi connectivity index (χ0v) is 11.5. The zero-order valence-electron chi connectivity index (χ0n) is 11.5. The summed E-state index contributed by atoms with van der Waals surface area (Å²) in [6.45, 7) is 2.24. The van der Waals surface area contributed by atoms with Crippen LogP contribution in [0.3, 0.4) is 0 Å². The van der Waals surface area contributed by atoms with E-state index in [9.17, 15) is 5.26 Å². The summed E-state index contributed by atoms with van der Waals surface area (Å²) in [5, 5.41) is 9.40. The SMILES string of the molecule is CN1CCCC(c2ccnc(C3(C#N)CCC3)n2)C1. The lowest BCUT2D eigenvalue weighted by Gasteiger charge is -2.34. The number of nitriles is 1. The summed E-state index contributed by atoms with van der Waals surface area (Å²) in [4.78, 5) is 11.5. The van der Waals surface area contributed by atoms with E-state index in [-0.39, 0.29) is 0 Å². The molecule has 2 heterocycles. The van der Waals surface area contributed by atoms with Gasteiger partial charge in [-0.25, -0.2) is 9.97 Å². The summed E-state index contributed by atoms with van der Waals surface area (Å²) >= 11 is 0. The van der Waals surface area contributed by atoms with Crippen LogP contribution in [-0.4, -0.2) is 35.0 Å². The van der Waals surface area contributed by atoms with E-state index < -0.39 is 5.41 Å². The molecule has 0 amide bonds. The van der Waals surface area contributed by atoms with Crippen LogP contribution in [0, 0.1) is 11.3 Å².